The second-order valence-corrected chi connectivity index (χ2v) is 25.2. The minimum atomic E-state index is -4.62. The zero-order valence-electron chi connectivity index (χ0n) is 54.4. The molecule has 0 heterocycles. The minimum Gasteiger partial charge on any atom is -0.756 e. The number of rotatable bonds is 61. The molecule has 83 heavy (non-hydrogen) atoms. The number of allylic oxidation sites excluding steroid dienone is 21. The van der Waals surface area contributed by atoms with Crippen LogP contribution in [-0.4, -0.2) is 68.5 Å². The molecule has 0 saturated carbocycles. The molecule has 9 heteroatoms. The number of quaternary nitrogens is 1. The van der Waals surface area contributed by atoms with Crippen molar-refractivity contribution in [2.45, 2.75) is 289 Å². The quantitative estimate of drug-likeness (QED) is 0.0272. The monoisotopic (exact) mass is 1170 g/mol. The Morgan fingerprint density at radius 1 is 0.434 bits per heavy atom. The lowest BCUT2D eigenvalue weighted by atomic mass is 10.0. The summed E-state index contributed by atoms with van der Waals surface area (Å²) in [4.78, 5) is 25.6. The Hall–Kier alpha value is -3.36. The standard InChI is InChI=1S/C74H129N2O6P/c1-6-8-10-12-14-16-18-20-22-24-26-28-30-31-32-33-34-35-36-37-38-39-40-41-42-43-44-45-46-48-50-52-54-56-58-60-62-64-66-68-74(78)75-72(71-82-83(79,80)81-70-69-76(3,4)5)73(77)67-65-63-61-59-57-55-53-51-49-47-29-27-25-23-21-19-17-15-13-11-9-7-2/h8,10,14,16,20,22,26,28,31-32,34-35,37-38,40-41,43-44,57,59,65,67,72-73,77H,6-7,9,11-13,15,17-19,21,23-25,27,29-30,33,36,39,42,45-56,58,60-64,66,68-71H2,1-5H3,(H-,75,78,79,80)/b10-8-,16-14-,22-20-,28-26-,32-31-,35-34-,38-37-,41-40-,44-43-,59-57+,67-65+. The van der Waals surface area contributed by atoms with Crippen LogP contribution in [0.2, 0.25) is 0 Å². The Labute approximate surface area is 513 Å². The minimum absolute atomic E-state index is 0.0123. The van der Waals surface area contributed by atoms with Crippen LogP contribution in [0, 0.1) is 0 Å². The lowest BCUT2D eigenvalue weighted by molar-refractivity contribution is -0.870. The number of likely N-dealkylation sites (N-methyl/N-ethyl adjacent to an activating group) is 1. The first kappa shape index (κ1) is 79.6. The summed E-state index contributed by atoms with van der Waals surface area (Å²) in [5, 5.41) is 13.9. The van der Waals surface area contributed by atoms with Crippen molar-refractivity contribution in [3.63, 3.8) is 0 Å². The van der Waals surface area contributed by atoms with Crippen molar-refractivity contribution in [2.75, 3.05) is 40.9 Å². The molecular weight excluding hydrogens is 1040 g/mol. The van der Waals surface area contributed by atoms with Gasteiger partial charge in [-0.3, -0.25) is 9.36 Å². The zero-order valence-corrected chi connectivity index (χ0v) is 55.2. The number of hydrogen-bond acceptors (Lipinski definition) is 6. The maximum absolute atomic E-state index is 13.0. The van der Waals surface area contributed by atoms with Crippen LogP contribution in [0.4, 0.5) is 0 Å². The van der Waals surface area contributed by atoms with Crippen LogP contribution < -0.4 is 10.2 Å². The van der Waals surface area contributed by atoms with Crippen molar-refractivity contribution >= 4 is 13.7 Å². The molecule has 0 fully saturated rings. The molecule has 0 aromatic rings. The number of aliphatic hydroxyl groups excluding tert-OH is 1. The Morgan fingerprint density at radius 3 is 1.12 bits per heavy atom. The molecule has 8 nitrogen and oxygen atoms in total. The summed E-state index contributed by atoms with van der Waals surface area (Å²) in [6, 6.07) is -0.915. The summed E-state index contributed by atoms with van der Waals surface area (Å²) in [5.41, 5.74) is 0. The highest BCUT2D eigenvalue weighted by Crippen LogP contribution is 2.38. The van der Waals surface area contributed by atoms with E-state index in [0.29, 0.717) is 17.4 Å². The summed E-state index contributed by atoms with van der Waals surface area (Å²) < 4.78 is 23.4. The topological polar surface area (TPSA) is 108 Å². The van der Waals surface area contributed by atoms with Crippen molar-refractivity contribution in [2.24, 2.45) is 0 Å². The van der Waals surface area contributed by atoms with Gasteiger partial charge in [0.15, 0.2) is 0 Å². The average molecular weight is 1170 g/mol. The van der Waals surface area contributed by atoms with E-state index in [9.17, 15) is 19.4 Å². The second kappa shape index (κ2) is 63.2. The van der Waals surface area contributed by atoms with Crippen molar-refractivity contribution in [1.29, 1.82) is 0 Å². The third kappa shape index (κ3) is 66.0. The maximum atomic E-state index is 13.0. The van der Waals surface area contributed by atoms with E-state index in [1.54, 1.807) is 6.08 Å². The fourth-order valence-electron chi connectivity index (χ4n) is 9.34. The van der Waals surface area contributed by atoms with E-state index >= 15 is 0 Å². The van der Waals surface area contributed by atoms with Gasteiger partial charge in [0.1, 0.15) is 13.2 Å². The Bertz CT molecular complexity index is 1810. The van der Waals surface area contributed by atoms with E-state index in [1.807, 2.05) is 27.2 Å². The predicted octanol–water partition coefficient (Wildman–Crippen LogP) is 21.2. The molecule has 0 aliphatic heterocycles. The average Bonchev–Trinajstić information content (AvgIpc) is 3.50. The first-order chi connectivity index (χ1) is 40.5. The molecule has 3 unspecified atom stereocenters. The lowest BCUT2D eigenvalue weighted by Crippen LogP contribution is -2.45. The molecule has 0 radical (unpaired) electrons. The number of amides is 1. The summed E-state index contributed by atoms with van der Waals surface area (Å²) in [5.74, 6) is -0.213. The van der Waals surface area contributed by atoms with Crippen molar-refractivity contribution < 1.29 is 32.9 Å². The molecule has 0 rings (SSSR count). The van der Waals surface area contributed by atoms with E-state index in [0.717, 1.165) is 103 Å². The van der Waals surface area contributed by atoms with Crippen LogP contribution >= 0.6 is 7.82 Å². The van der Waals surface area contributed by atoms with E-state index in [-0.39, 0.29) is 12.5 Å². The molecule has 2 N–H and O–H groups in total. The second-order valence-electron chi connectivity index (χ2n) is 23.8. The predicted molar refractivity (Wildman–Crippen MR) is 362 cm³/mol. The fraction of sp³-hybridized carbons (Fsp3) is 0.689. The van der Waals surface area contributed by atoms with Crippen LogP contribution in [0.5, 0.6) is 0 Å². The lowest BCUT2D eigenvalue weighted by Gasteiger charge is -2.29. The van der Waals surface area contributed by atoms with Gasteiger partial charge in [-0.15, -0.1) is 0 Å². The molecule has 3 atom stereocenters. The molecule has 476 valence electrons. The van der Waals surface area contributed by atoms with E-state index in [4.69, 9.17) is 9.05 Å². The van der Waals surface area contributed by atoms with E-state index < -0.39 is 26.6 Å². The van der Waals surface area contributed by atoms with Gasteiger partial charge in [0.05, 0.1) is 39.9 Å². The van der Waals surface area contributed by atoms with E-state index in [1.165, 1.54) is 154 Å². The zero-order chi connectivity index (χ0) is 60.5. The molecule has 0 aliphatic rings. The smallest absolute Gasteiger partial charge is 0.268 e. The Balaban J connectivity index is 4.15. The highest BCUT2D eigenvalue weighted by atomic mass is 31.2. The summed E-state index contributed by atoms with van der Waals surface area (Å²) in [6.07, 6.45) is 95.6. The van der Waals surface area contributed by atoms with Gasteiger partial charge in [-0.2, -0.15) is 0 Å². The summed E-state index contributed by atoms with van der Waals surface area (Å²) in [7, 11) is 1.23. The van der Waals surface area contributed by atoms with Crippen LogP contribution in [0.3, 0.4) is 0 Å². The first-order valence-corrected chi connectivity index (χ1v) is 35.5. The largest absolute Gasteiger partial charge is 0.756 e. The van der Waals surface area contributed by atoms with Gasteiger partial charge in [0, 0.05) is 6.42 Å². The Morgan fingerprint density at radius 2 is 0.747 bits per heavy atom. The third-order valence-corrected chi connectivity index (χ3v) is 15.6. The number of nitrogens with zero attached hydrogens (tertiary/aromatic N) is 1. The SMILES string of the molecule is CC/C=C\C/C=C\C/C=C\C/C=C\C/C=C\C/C=C\C/C=C\C/C=C\C/C=C\CCCCCCCCCCCCCC(=O)NC(COP(=O)([O-])OCC[N+](C)(C)C)C(O)/C=C/CC/C=C/CCCCCCCCCCCCCCCCCC. The molecule has 0 aliphatic carbocycles. The van der Waals surface area contributed by atoms with Gasteiger partial charge in [-0.1, -0.05) is 302 Å². The van der Waals surface area contributed by atoms with Crippen LogP contribution in [0.15, 0.2) is 134 Å². The molecule has 0 saturated heterocycles. The van der Waals surface area contributed by atoms with Gasteiger partial charge in [0.25, 0.3) is 7.82 Å². The molecule has 0 bridgehead atoms. The highest BCUT2D eigenvalue weighted by Gasteiger charge is 2.23. The van der Waals surface area contributed by atoms with Gasteiger partial charge in [-0.25, -0.2) is 0 Å². The summed E-state index contributed by atoms with van der Waals surface area (Å²) in [6.45, 7) is 4.52. The summed E-state index contributed by atoms with van der Waals surface area (Å²) >= 11 is 0. The fourth-order valence-corrected chi connectivity index (χ4v) is 10.1. The first-order valence-electron chi connectivity index (χ1n) is 34.0. The van der Waals surface area contributed by atoms with E-state index in [2.05, 4.69) is 141 Å². The number of aliphatic hydroxyl groups is 1. The van der Waals surface area contributed by atoms with Gasteiger partial charge in [0.2, 0.25) is 5.91 Å². The van der Waals surface area contributed by atoms with Gasteiger partial charge < -0.3 is 28.8 Å². The van der Waals surface area contributed by atoms with Crippen LogP contribution in [0.25, 0.3) is 0 Å². The molecule has 1 amide bonds. The normalized spacial score (nSPS) is 14.5. The highest BCUT2D eigenvalue weighted by molar-refractivity contribution is 7.45. The number of unbranched alkanes of at least 4 members (excludes halogenated alkanes) is 28. The van der Waals surface area contributed by atoms with Gasteiger partial charge >= 0.3 is 0 Å². The molecule has 0 aromatic carbocycles. The van der Waals surface area contributed by atoms with Crippen molar-refractivity contribution in [1.82, 2.24) is 5.32 Å². The third-order valence-electron chi connectivity index (χ3n) is 14.6. The van der Waals surface area contributed by atoms with Gasteiger partial charge in [-0.05, 0) is 103 Å². The van der Waals surface area contributed by atoms with Crippen molar-refractivity contribution in [3.05, 3.63) is 134 Å². The number of hydrogen-bond donors (Lipinski definition) is 2. The number of carbonyl (C=O) groups excluding carboxylic acids is 1. The van der Waals surface area contributed by atoms with Crippen molar-refractivity contribution in [3.8, 4) is 0 Å². The van der Waals surface area contributed by atoms with Crippen LogP contribution in [0.1, 0.15) is 277 Å². The molecular formula is C74H129N2O6P. The number of carbonyl (C=O) groups is 1. The molecule has 0 aromatic heterocycles. The maximum Gasteiger partial charge on any atom is 0.268 e. The number of phosphoric ester groups is 1. The number of phosphoric acid groups is 1. The Kier molecular flexibility index (Phi) is 60.6. The number of nitrogens with one attached hydrogen (secondary N) is 1. The molecule has 0 spiro atoms. The van der Waals surface area contributed by atoms with Crippen LogP contribution in [-0.2, 0) is 18.4 Å².